The van der Waals surface area contributed by atoms with Gasteiger partial charge in [-0.05, 0) is 49.7 Å². The standard InChI is InChI=1S/C21H23N3O4/c1-15-12-19(16(2)28-15)21(26)24(14-18-4-3-11-27-18)10-7-20(25)23-13-17-5-8-22-9-6-17/h3-6,8-9,11-12H,7,10,13-14H2,1-2H3,(H,23,25). The molecule has 0 spiro atoms. The molecule has 0 fully saturated rings. The van der Waals surface area contributed by atoms with Gasteiger partial charge in [0.2, 0.25) is 5.91 Å². The Balaban J connectivity index is 1.62. The van der Waals surface area contributed by atoms with E-state index < -0.39 is 0 Å². The molecule has 28 heavy (non-hydrogen) atoms. The number of rotatable bonds is 8. The topological polar surface area (TPSA) is 88.6 Å². The lowest BCUT2D eigenvalue weighted by molar-refractivity contribution is -0.121. The Morgan fingerprint density at radius 1 is 1.18 bits per heavy atom. The van der Waals surface area contributed by atoms with Crippen LogP contribution in [-0.2, 0) is 17.9 Å². The summed E-state index contributed by atoms with van der Waals surface area (Å²) in [4.78, 5) is 30.8. The third-order valence-corrected chi connectivity index (χ3v) is 4.33. The van der Waals surface area contributed by atoms with Crippen LogP contribution in [0, 0.1) is 13.8 Å². The maximum absolute atomic E-state index is 13.0. The first-order chi connectivity index (χ1) is 13.5. The van der Waals surface area contributed by atoms with Crippen molar-refractivity contribution in [2.45, 2.75) is 33.4 Å². The molecule has 7 nitrogen and oxygen atoms in total. The number of carbonyl (C=O) groups excluding carboxylic acids is 2. The molecule has 0 aliphatic heterocycles. The molecule has 0 aromatic carbocycles. The molecular weight excluding hydrogens is 358 g/mol. The van der Waals surface area contributed by atoms with Crippen molar-refractivity contribution < 1.29 is 18.4 Å². The summed E-state index contributed by atoms with van der Waals surface area (Å²) in [6.45, 7) is 4.53. The summed E-state index contributed by atoms with van der Waals surface area (Å²) in [6.07, 6.45) is 5.11. The number of carbonyl (C=O) groups is 2. The Morgan fingerprint density at radius 3 is 2.61 bits per heavy atom. The van der Waals surface area contributed by atoms with Crippen LogP contribution in [0.3, 0.4) is 0 Å². The molecule has 146 valence electrons. The Hall–Kier alpha value is -3.35. The van der Waals surface area contributed by atoms with Crippen molar-refractivity contribution in [3.05, 3.63) is 77.4 Å². The molecule has 3 rings (SSSR count). The molecule has 3 aromatic rings. The van der Waals surface area contributed by atoms with E-state index in [2.05, 4.69) is 10.3 Å². The Labute approximate surface area is 163 Å². The van der Waals surface area contributed by atoms with Crippen LogP contribution in [0.15, 0.2) is 57.8 Å². The number of pyridine rings is 1. The molecule has 3 aromatic heterocycles. The molecule has 0 bridgehead atoms. The maximum Gasteiger partial charge on any atom is 0.257 e. The highest BCUT2D eigenvalue weighted by molar-refractivity contribution is 5.95. The minimum atomic E-state index is -0.187. The van der Waals surface area contributed by atoms with E-state index in [4.69, 9.17) is 8.83 Å². The van der Waals surface area contributed by atoms with Crippen LogP contribution in [0.4, 0.5) is 0 Å². The number of aryl methyl sites for hydroxylation is 2. The van der Waals surface area contributed by atoms with E-state index in [0.29, 0.717) is 29.4 Å². The van der Waals surface area contributed by atoms with Crippen molar-refractivity contribution in [3.63, 3.8) is 0 Å². The smallest absolute Gasteiger partial charge is 0.257 e. The summed E-state index contributed by atoms with van der Waals surface area (Å²) in [7, 11) is 0. The summed E-state index contributed by atoms with van der Waals surface area (Å²) in [5.41, 5.74) is 1.47. The highest BCUT2D eigenvalue weighted by Gasteiger charge is 2.22. The van der Waals surface area contributed by atoms with Crippen LogP contribution in [-0.4, -0.2) is 28.2 Å². The summed E-state index contributed by atoms with van der Waals surface area (Å²) >= 11 is 0. The first-order valence-electron chi connectivity index (χ1n) is 9.07. The molecule has 0 saturated heterocycles. The molecule has 7 heteroatoms. The number of nitrogens with one attached hydrogen (secondary N) is 1. The third-order valence-electron chi connectivity index (χ3n) is 4.33. The van der Waals surface area contributed by atoms with E-state index >= 15 is 0 Å². The van der Waals surface area contributed by atoms with E-state index in [1.54, 1.807) is 55.6 Å². The number of hydrogen-bond acceptors (Lipinski definition) is 5. The lowest BCUT2D eigenvalue weighted by Crippen LogP contribution is -2.35. The zero-order valence-corrected chi connectivity index (χ0v) is 16.0. The second-order valence-electron chi connectivity index (χ2n) is 6.52. The molecule has 0 unspecified atom stereocenters. The quantitative estimate of drug-likeness (QED) is 0.647. The lowest BCUT2D eigenvalue weighted by atomic mass is 10.2. The Bertz CT molecular complexity index is 917. The number of hydrogen-bond donors (Lipinski definition) is 1. The molecule has 0 atom stereocenters. The maximum atomic E-state index is 13.0. The van der Waals surface area contributed by atoms with Crippen molar-refractivity contribution in [1.29, 1.82) is 0 Å². The molecule has 0 aliphatic rings. The van der Waals surface area contributed by atoms with Crippen molar-refractivity contribution in [1.82, 2.24) is 15.2 Å². The van der Waals surface area contributed by atoms with Crippen molar-refractivity contribution in [2.75, 3.05) is 6.54 Å². The van der Waals surface area contributed by atoms with Gasteiger partial charge >= 0.3 is 0 Å². The largest absolute Gasteiger partial charge is 0.467 e. The zero-order valence-electron chi connectivity index (χ0n) is 16.0. The van der Waals surface area contributed by atoms with Crippen LogP contribution < -0.4 is 5.32 Å². The van der Waals surface area contributed by atoms with Gasteiger partial charge in [0.25, 0.3) is 5.91 Å². The zero-order chi connectivity index (χ0) is 19.9. The van der Waals surface area contributed by atoms with E-state index in [1.807, 2.05) is 12.1 Å². The monoisotopic (exact) mass is 381 g/mol. The van der Waals surface area contributed by atoms with Crippen LogP contribution in [0.5, 0.6) is 0 Å². The van der Waals surface area contributed by atoms with E-state index in [1.165, 1.54) is 0 Å². The minimum absolute atomic E-state index is 0.130. The average Bonchev–Trinajstić information content (AvgIpc) is 3.32. The first kappa shape index (κ1) is 19.4. The highest BCUT2D eigenvalue weighted by atomic mass is 16.3. The molecule has 0 saturated carbocycles. The molecule has 0 aliphatic carbocycles. The second-order valence-corrected chi connectivity index (χ2v) is 6.52. The summed E-state index contributed by atoms with van der Waals surface area (Å²) < 4.78 is 10.9. The van der Waals surface area contributed by atoms with Crippen LogP contribution in [0.1, 0.15) is 39.6 Å². The van der Waals surface area contributed by atoms with Crippen LogP contribution in [0.25, 0.3) is 0 Å². The van der Waals surface area contributed by atoms with Crippen molar-refractivity contribution in [3.8, 4) is 0 Å². The van der Waals surface area contributed by atoms with Gasteiger partial charge in [0.15, 0.2) is 0 Å². The minimum Gasteiger partial charge on any atom is -0.467 e. The molecule has 0 radical (unpaired) electrons. The van der Waals surface area contributed by atoms with Gasteiger partial charge in [-0.1, -0.05) is 0 Å². The number of aromatic nitrogens is 1. The number of nitrogens with zero attached hydrogens (tertiary/aromatic N) is 2. The Kier molecular flexibility index (Phi) is 6.26. The SMILES string of the molecule is Cc1cc(C(=O)N(CCC(=O)NCc2ccncc2)Cc2ccco2)c(C)o1. The van der Waals surface area contributed by atoms with Gasteiger partial charge in [0.05, 0.1) is 18.4 Å². The van der Waals surface area contributed by atoms with Gasteiger partial charge in [-0.15, -0.1) is 0 Å². The van der Waals surface area contributed by atoms with Gasteiger partial charge in [-0.3, -0.25) is 14.6 Å². The number of furan rings is 2. The molecule has 3 heterocycles. The molecule has 1 N–H and O–H groups in total. The lowest BCUT2D eigenvalue weighted by Gasteiger charge is -2.21. The van der Waals surface area contributed by atoms with E-state index in [0.717, 1.165) is 5.56 Å². The fourth-order valence-corrected chi connectivity index (χ4v) is 2.88. The van der Waals surface area contributed by atoms with E-state index in [9.17, 15) is 9.59 Å². The predicted molar refractivity (Wildman–Crippen MR) is 102 cm³/mol. The van der Waals surface area contributed by atoms with E-state index in [-0.39, 0.29) is 31.3 Å². The fourth-order valence-electron chi connectivity index (χ4n) is 2.88. The summed E-state index contributed by atoms with van der Waals surface area (Å²) in [6, 6.07) is 8.98. The van der Waals surface area contributed by atoms with Gasteiger partial charge in [-0.25, -0.2) is 0 Å². The van der Waals surface area contributed by atoms with Gasteiger partial charge < -0.3 is 19.1 Å². The van der Waals surface area contributed by atoms with Crippen LogP contribution in [0.2, 0.25) is 0 Å². The van der Waals surface area contributed by atoms with Crippen LogP contribution >= 0.6 is 0 Å². The normalized spacial score (nSPS) is 10.6. The fraction of sp³-hybridized carbons (Fsp3) is 0.286. The highest BCUT2D eigenvalue weighted by Crippen LogP contribution is 2.18. The molecule has 2 amide bonds. The summed E-state index contributed by atoms with van der Waals surface area (Å²) in [5, 5.41) is 2.86. The number of amides is 2. The third kappa shape index (κ3) is 5.09. The molecular formula is C21H23N3O4. The average molecular weight is 381 g/mol. The van der Waals surface area contributed by atoms with Gasteiger partial charge in [-0.2, -0.15) is 0 Å². The van der Waals surface area contributed by atoms with Gasteiger partial charge in [0, 0.05) is 31.9 Å². The second kappa shape index (κ2) is 9.03. The summed E-state index contributed by atoms with van der Waals surface area (Å²) in [5.74, 6) is 1.58. The first-order valence-corrected chi connectivity index (χ1v) is 9.07. The van der Waals surface area contributed by atoms with Crippen molar-refractivity contribution in [2.24, 2.45) is 0 Å². The predicted octanol–water partition coefficient (Wildman–Crippen LogP) is 3.23. The Morgan fingerprint density at radius 2 is 1.96 bits per heavy atom. The van der Waals surface area contributed by atoms with Crippen molar-refractivity contribution >= 4 is 11.8 Å². The van der Waals surface area contributed by atoms with Gasteiger partial charge in [0.1, 0.15) is 17.3 Å².